The molecule has 7 aliphatic carbocycles. The van der Waals surface area contributed by atoms with E-state index in [4.69, 9.17) is 18.9 Å². The number of ether oxygens (including phenoxy) is 4. The highest BCUT2D eigenvalue weighted by molar-refractivity contribution is 8.17. The molecule has 0 aromatic carbocycles. The van der Waals surface area contributed by atoms with E-state index in [0.717, 1.165) is 73.6 Å². The van der Waals surface area contributed by atoms with Gasteiger partial charge in [0, 0.05) is 24.4 Å². The third-order valence-corrected chi connectivity index (χ3v) is 16.7. The quantitative estimate of drug-likeness (QED) is 0.241. The molecule has 0 aromatic heterocycles. The summed E-state index contributed by atoms with van der Waals surface area (Å²) in [6.07, 6.45) is 40.1. The molecule has 4 aliphatic heterocycles. The molecule has 0 spiro atoms. The molecule has 0 N–H and O–H groups in total. The Kier molecular flexibility index (Phi) is 103. The Hall–Kier alpha value is 0.540. The smallest absolute Gasteiger partial charge is 0.154 e. The van der Waals surface area contributed by atoms with Crippen LogP contribution in [0.2, 0.25) is 0 Å². The van der Waals surface area contributed by atoms with Gasteiger partial charge in [-0.3, -0.25) is 0 Å². The lowest BCUT2D eigenvalue weighted by molar-refractivity contribution is -0.167. The van der Waals surface area contributed by atoms with Gasteiger partial charge in [-0.1, -0.05) is 281 Å². The van der Waals surface area contributed by atoms with Crippen LogP contribution in [-0.2, 0) is 18.9 Å². The number of fused-ring (bicyclic) bond motifs is 5. The Morgan fingerprint density at radius 2 is 0.605 bits per heavy atom. The van der Waals surface area contributed by atoms with E-state index < -0.39 is 0 Å². The van der Waals surface area contributed by atoms with E-state index in [9.17, 15) is 0 Å². The van der Waals surface area contributed by atoms with Crippen LogP contribution >= 0.6 is 23.5 Å². The van der Waals surface area contributed by atoms with Crippen molar-refractivity contribution in [1.82, 2.24) is 0 Å². The topological polar surface area (TPSA) is 36.9 Å². The van der Waals surface area contributed by atoms with Crippen molar-refractivity contribution in [2.45, 2.75) is 370 Å². The monoisotopic (exact) mass is 1130 g/mol. The number of rotatable bonds is 0. The SMILES string of the molecule is C1CC2CCC1C2.C1CC2CCC1CC2.CC.CC.CC.CC.CC.CC.CC.CC.CC.CC.CC1CCCC1.CC1CCCCC1.CC1CCCCO1.CC1CCCOC1.CC1OCCCO1.CC1SCCCS1. The normalized spacial score (nSPS) is 25.0. The summed E-state index contributed by atoms with van der Waals surface area (Å²) in [6.45, 7) is 58.0. The summed E-state index contributed by atoms with van der Waals surface area (Å²) in [5.74, 6) is 10.3. The molecule has 0 radical (unpaired) electrons. The minimum Gasteiger partial charge on any atom is -0.381 e. The number of hydrogen-bond acceptors (Lipinski definition) is 6. The Morgan fingerprint density at radius 1 is 0.276 bits per heavy atom. The van der Waals surface area contributed by atoms with E-state index in [-0.39, 0.29) is 6.29 Å². The van der Waals surface area contributed by atoms with E-state index in [0.29, 0.717) is 6.10 Å². The second-order valence-corrected chi connectivity index (χ2v) is 22.7. The van der Waals surface area contributed by atoms with Crippen LogP contribution < -0.4 is 0 Å². The van der Waals surface area contributed by atoms with Gasteiger partial charge in [-0.25, -0.2) is 0 Å². The molecule has 76 heavy (non-hydrogen) atoms. The van der Waals surface area contributed by atoms with Gasteiger partial charge < -0.3 is 18.9 Å². The van der Waals surface area contributed by atoms with E-state index in [1.165, 1.54) is 120 Å². The molecule has 11 rings (SSSR count). The molecule has 472 valence electrons. The van der Waals surface area contributed by atoms with Crippen LogP contribution in [0.25, 0.3) is 0 Å². The Morgan fingerprint density at radius 3 is 0.763 bits per heavy atom. The third-order valence-electron chi connectivity index (χ3n) is 13.9. The predicted molar refractivity (Wildman–Crippen MR) is 362 cm³/mol. The first-order valence-electron chi connectivity index (χ1n) is 34.9. The summed E-state index contributed by atoms with van der Waals surface area (Å²) >= 11 is 4.16. The van der Waals surface area contributed by atoms with Crippen molar-refractivity contribution in [2.75, 3.05) is 44.5 Å². The summed E-state index contributed by atoms with van der Waals surface area (Å²) in [6, 6.07) is 0. The summed E-state index contributed by atoms with van der Waals surface area (Å²) < 4.78 is 21.4. The van der Waals surface area contributed by atoms with Gasteiger partial charge in [-0.05, 0) is 125 Å². The fraction of sp³-hybridized carbons (Fsp3) is 1.00. The molecule has 4 saturated heterocycles. The number of hydrogen-bond donors (Lipinski definition) is 0. The summed E-state index contributed by atoms with van der Waals surface area (Å²) in [5, 5.41) is 0. The first kappa shape index (κ1) is 93.0. The maximum Gasteiger partial charge on any atom is 0.154 e. The molecule has 4 bridgehead atoms. The zero-order valence-electron chi connectivity index (χ0n) is 58.3. The van der Waals surface area contributed by atoms with Crippen LogP contribution in [0.4, 0.5) is 0 Å². The van der Waals surface area contributed by atoms with Crippen molar-refractivity contribution in [3.05, 3.63) is 0 Å². The molecule has 2 unspecified atom stereocenters. The van der Waals surface area contributed by atoms with Crippen molar-refractivity contribution >= 4 is 23.5 Å². The first-order valence-corrected chi connectivity index (χ1v) is 37.0. The Labute approximate surface area is 496 Å². The lowest BCUT2D eigenvalue weighted by Crippen LogP contribution is -2.21. The minimum atomic E-state index is 0.0359. The molecule has 2 atom stereocenters. The van der Waals surface area contributed by atoms with Crippen LogP contribution in [0.1, 0.15) is 353 Å². The summed E-state index contributed by atoms with van der Waals surface area (Å²) in [4.78, 5) is 0. The van der Waals surface area contributed by atoms with Gasteiger partial charge in [0.1, 0.15) is 0 Å². The largest absolute Gasteiger partial charge is 0.381 e. The predicted octanol–water partition coefficient (Wildman–Crippen LogP) is 25.8. The van der Waals surface area contributed by atoms with E-state index in [1.54, 1.807) is 70.6 Å². The average Bonchev–Trinajstić information content (AvgIpc) is 4.33. The van der Waals surface area contributed by atoms with Crippen LogP contribution in [0.15, 0.2) is 0 Å². The summed E-state index contributed by atoms with van der Waals surface area (Å²) in [5.41, 5.74) is 0. The van der Waals surface area contributed by atoms with Gasteiger partial charge in [-0.15, -0.1) is 23.5 Å². The van der Waals surface area contributed by atoms with Crippen LogP contribution in [0.3, 0.4) is 0 Å². The lowest BCUT2D eigenvalue weighted by Gasteiger charge is -2.35. The highest BCUT2D eigenvalue weighted by atomic mass is 32.2. The summed E-state index contributed by atoms with van der Waals surface area (Å²) in [7, 11) is 0. The van der Waals surface area contributed by atoms with Crippen molar-refractivity contribution < 1.29 is 18.9 Å². The molecule has 11 aliphatic rings. The van der Waals surface area contributed by atoms with Gasteiger partial charge in [-0.2, -0.15) is 0 Å². The maximum absolute atomic E-state index is 5.28. The standard InChI is InChI=1S/C8H14.C7H12.C7H14.2C6H12O.C6H12.C5H10O2.C5H10S2.10C2H6/c1-2-8-5-3-7(1)4-6-8;1-2-7-4-3-6(1)5-7;1-7-5-3-2-4-6-7;1-6-3-2-4-7-5-6;1-6-4-2-3-5-7-6;1-6-4-2-3-5-6;2*1-5-6-3-2-4-7-5;10*1-2/h7-8H,1-6H2;6-7H,1-5H2;7H,2-6H2,1H3;2*6H,2-5H2,1H3;6H,2-5H2,1H3;2*5H,2-4H2,1H3;10*1-2H3. The molecule has 0 aromatic rings. The average molecular weight is 1130 g/mol. The number of thioether (sulfide) groups is 2. The zero-order valence-corrected chi connectivity index (χ0v) is 59.9. The molecule has 6 heteroatoms. The van der Waals surface area contributed by atoms with Gasteiger partial charge in [0.25, 0.3) is 0 Å². The van der Waals surface area contributed by atoms with Gasteiger partial charge in [0.2, 0.25) is 0 Å². The first-order chi connectivity index (χ1) is 37.3. The minimum absolute atomic E-state index is 0.0359. The highest BCUT2D eigenvalue weighted by Crippen LogP contribution is 2.44. The second-order valence-electron chi connectivity index (χ2n) is 19.5. The van der Waals surface area contributed by atoms with Gasteiger partial charge >= 0.3 is 0 Å². The molecule has 4 nitrogen and oxygen atoms in total. The molecule has 0 amide bonds. The van der Waals surface area contributed by atoms with Crippen molar-refractivity contribution in [2.24, 2.45) is 41.4 Å². The zero-order chi connectivity index (χ0) is 60.1. The van der Waals surface area contributed by atoms with E-state index in [2.05, 4.69) is 58.1 Å². The fourth-order valence-electron chi connectivity index (χ4n) is 9.91. The highest BCUT2D eigenvalue weighted by Gasteiger charge is 2.30. The molecular formula is C70H156O4S2. The van der Waals surface area contributed by atoms with Crippen molar-refractivity contribution in [1.29, 1.82) is 0 Å². The fourth-order valence-corrected chi connectivity index (χ4v) is 12.3. The van der Waals surface area contributed by atoms with E-state index >= 15 is 0 Å². The molecule has 7 saturated carbocycles. The molecule has 11 fully saturated rings. The second kappa shape index (κ2) is 84.3. The van der Waals surface area contributed by atoms with Crippen molar-refractivity contribution in [3.63, 3.8) is 0 Å². The van der Waals surface area contributed by atoms with E-state index in [1.807, 2.05) is 145 Å². The Bertz CT molecular complexity index is 716. The Balaban J connectivity index is -0.000000111. The van der Waals surface area contributed by atoms with Gasteiger partial charge in [0.15, 0.2) is 6.29 Å². The lowest BCUT2D eigenvalue weighted by atomic mass is 9.71. The van der Waals surface area contributed by atoms with Crippen LogP contribution in [-0.4, -0.2) is 61.5 Å². The van der Waals surface area contributed by atoms with Crippen molar-refractivity contribution in [3.8, 4) is 0 Å². The molecular weight excluding hydrogens is 969 g/mol. The van der Waals surface area contributed by atoms with Crippen LogP contribution in [0, 0.1) is 41.4 Å². The molecule has 4 heterocycles. The van der Waals surface area contributed by atoms with Crippen LogP contribution in [0.5, 0.6) is 0 Å². The van der Waals surface area contributed by atoms with Gasteiger partial charge in [0.05, 0.1) is 19.3 Å². The third kappa shape index (κ3) is 68.8. The maximum atomic E-state index is 5.28.